The van der Waals surface area contributed by atoms with Crippen LogP contribution < -0.4 is 10.1 Å². The molecule has 102 valence electrons. The number of rotatable bonds is 7. The van der Waals surface area contributed by atoms with E-state index >= 15 is 0 Å². The Balaban J connectivity index is 2.76. The molecule has 3 nitrogen and oxygen atoms in total. The highest BCUT2D eigenvalue weighted by atomic mass is 16.5. The average molecular weight is 251 g/mol. The number of aliphatic hydroxyl groups excluding tert-OH is 1. The topological polar surface area (TPSA) is 41.5 Å². The van der Waals surface area contributed by atoms with Gasteiger partial charge in [-0.05, 0) is 37.0 Å². The highest BCUT2D eigenvalue weighted by molar-refractivity contribution is 5.29. The van der Waals surface area contributed by atoms with Gasteiger partial charge in [0, 0.05) is 18.7 Å². The Bertz CT molecular complexity index is 335. The normalized spacial score (nSPS) is 14.6. The zero-order valence-corrected chi connectivity index (χ0v) is 11.8. The number of hydrogen-bond acceptors (Lipinski definition) is 3. The summed E-state index contributed by atoms with van der Waals surface area (Å²) in [6.45, 7) is 6.73. The van der Waals surface area contributed by atoms with E-state index in [1.54, 1.807) is 7.11 Å². The first-order chi connectivity index (χ1) is 8.58. The van der Waals surface area contributed by atoms with Crippen LogP contribution in [0.2, 0.25) is 0 Å². The molecule has 1 rings (SSSR count). The lowest BCUT2D eigenvalue weighted by Crippen LogP contribution is -2.34. The molecule has 0 bridgehead atoms. The van der Waals surface area contributed by atoms with Gasteiger partial charge in [0.2, 0.25) is 0 Å². The van der Waals surface area contributed by atoms with E-state index in [0.29, 0.717) is 18.0 Å². The lowest BCUT2D eigenvalue weighted by Gasteiger charge is -2.27. The van der Waals surface area contributed by atoms with Crippen LogP contribution in [0.5, 0.6) is 5.75 Å². The van der Waals surface area contributed by atoms with Gasteiger partial charge in [0.1, 0.15) is 5.75 Å². The molecule has 0 heterocycles. The van der Waals surface area contributed by atoms with Crippen LogP contribution in [0.15, 0.2) is 24.3 Å². The molecule has 0 aliphatic rings. The molecular formula is C15H25NO2. The quantitative estimate of drug-likeness (QED) is 0.783. The van der Waals surface area contributed by atoms with Gasteiger partial charge in [-0.15, -0.1) is 0 Å². The molecule has 0 aliphatic heterocycles. The summed E-state index contributed by atoms with van der Waals surface area (Å²) in [5.74, 6) is 1.38. The molecule has 0 fully saturated rings. The Morgan fingerprint density at radius 3 is 2.22 bits per heavy atom. The molecular weight excluding hydrogens is 226 g/mol. The fourth-order valence-electron chi connectivity index (χ4n) is 2.07. The smallest absolute Gasteiger partial charge is 0.118 e. The molecule has 2 atom stereocenters. The Hall–Kier alpha value is -1.06. The molecule has 0 spiro atoms. The van der Waals surface area contributed by atoms with Crippen molar-refractivity contribution in [3.63, 3.8) is 0 Å². The van der Waals surface area contributed by atoms with Crippen molar-refractivity contribution >= 4 is 0 Å². The summed E-state index contributed by atoms with van der Waals surface area (Å²) < 4.78 is 5.18. The first kappa shape index (κ1) is 15.0. The summed E-state index contributed by atoms with van der Waals surface area (Å²) in [5, 5.41) is 12.5. The number of benzene rings is 1. The van der Waals surface area contributed by atoms with Crippen molar-refractivity contribution < 1.29 is 9.84 Å². The van der Waals surface area contributed by atoms with Gasteiger partial charge in [-0.2, -0.15) is 0 Å². The van der Waals surface area contributed by atoms with E-state index in [9.17, 15) is 0 Å². The third kappa shape index (κ3) is 4.31. The molecule has 1 aromatic rings. The second-order valence-corrected chi connectivity index (χ2v) is 5.07. The SMILES string of the molecule is COc1ccc(C(NC(C)CCO)C(C)C)cc1. The molecule has 0 aromatic heterocycles. The largest absolute Gasteiger partial charge is 0.497 e. The number of methoxy groups -OCH3 is 1. The molecule has 0 saturated heterocycles. The van der Waals surface area contributed by atoms with Crippen LogP contribution in [-0.2, 0) is 0 Å². The van der Waals surface area contributed by atoms with Crippen LogP contribution in [-0.4, -0.2) is 24.9 Å². The van der Waals surface area contributed by atoms with Gasteiger partial charge in [-0.3, -0.25) is 0 Å². The number of ether oxygens (including phenoxy) is 1. The van der Waals surface area contributed by atoms with E-state index in [1.807, 2.05) is 12.1 Å². The van der Waals surface area contributed by atoms with Gasteiger partial charge in [-0.25, -0.2) is 0 Å². The van der Waals surface area contributed by atoms with Crippen LogP contribution in [0.1, 0.15) is 38.8 Å². The van der Waals surface area contributed by atoms with Crippen molar-refractivity contribution in [3.8, 4) is 5.75 Å². The summed E-state index contributed by atoms with van der Waals surface area (Å²) in [5.41, 5.74) is 1.26. The summed E-state index contributed by atoms with van der Waals surface area (Å²) in [6.07, 6.45) is 0.777. The molecule has 3 heteroatoms. The standard InChI is InChI=1S/C15H25NO2/c1-11(2)15(16-12(3)9-10-17)13-5-7-14(18-4)8-6-13/h5-8,11-12,15-17H,9-10H2,1-4H3. The number of hydrogen-bond donors (Lipinski definition) is 2. The minimum atomic E-state index is 0.224. The summed E-state index contributed by atoms with van der Waals surface area (Å²) in [7, 11) is 1.68. The van der Waals surface area contributed by atoms with E-state index in [2.05, 4.69) is 38.2 Å². The Kier molecular flexibility index (Phi) is 6.16. The molecule has 18 heavy (non-hydrogen) atoms. The molecule has 2 N–H and O–H groups in total. The molecule has 0 saturated carbocycles. The third-order valence-electron chi connectivity index (χ3n) is 3.17. The van der Waals surface area contributed by atoms with Gasteiger partial charge in [0.05, 0.1) is 7.11 Å². The van der Waals surface area contributed by atoms with Gasteiger partial charge in [0.25, 0.3) is 0 Å². The number of nitrogens with one attached hydrogen (secondary N) is 1. The third-order valence-corrected chi connectivity index (χ3v) is 3.17. The van der Waals surface area contributed by atoms with Crippen LogP contribution in [0.25, 0.3) is 0 Å². The molecule has 2 unspecified atom stereocenters. The van der Waals surface area contributed by atoms with Gasteiger partial charge < -0.3 is 15.2 Å². The summed E-state index contributed by atoms with van der Waals surface area (Å²) in [4.78, 5) is 0. The predicted octanol–water partition coefficient (Wildman–Crippen LogP) is 2.75. The lowest BCUT2D eigenvalue weighted by atomic mass is 9.95. The van der Waals surface area contributed by atoms with Gasteiger partial charge >= 0.3 is 0 Å². The maximum atomic E-state index is 8.97. The summed E-state index contributed by atoms with van der Waals surface area (Å²) >= 11 is 0. The predicted molar refractivity (Wildman–Crippen MR) is 74.9 cm³/mol. The van der Waals surface area contributed by atoms with Crippen molar-refractivity contribution in [2.45, 2.75) is 39.3 Å². The lowest BCUT2D eigenvalue weighted by molar-refractivity contribution is 0.255. The van der Waals surface area contributed by atoms with Crippen LogP contribution in [0, 0.1) is 5.92 Å². The van der Waals surface area contributed by atoms with E-state index in [-0.39, 0.29) is 6.61 Å². The highest BCUT2D eigenvalue weighted by Crippen LogP contribution is 2.24. The second kappa shape index (κ2) is 7.39. The minimum absolute atomic E-state index is 0.224. The first-order valence-electron chi connectivity index (χ1n) is 6.59. The van der Waals surface area contributed by atoms with Crippen LogP contribution in [0.3, 0.4) is 0 Å². The maximum Gasteiger partial charge on any atom is 0.118 e. The average Bonchev–Trinajstić information content (AvgIpc) is 2.36. The van der Waals surface area contributed by atoms with Crippen molar-refractivity contribution in [1.82, 2.24) is 5.32 Å². The molecule has 0 radical (unpaired) electrons. The van der Waals surface area contributed by atoms with E-state index in [1.165, 1.54) is 5.56 Å². The van der Waals surface area contributed by atoms with Gasteiger partial charge in [-0.1, -0.05) is 26.0 Å². The highest BCUT2D eigenvalue weighted by Gasteiger charge is 2.17. The fraction of sp³-hybridized carbons (Fsp3) is 0.600. The van der Waals surface area contributed by atoms with Crippen molar-refractivity contribution in [3.05, 3.63) is 29.8 Å². The summed E-state index contributed by atoms with van der Waals surface area (Å²) in [6, 6.07) is 8.79. The monoisotopic (exact) mass is 251 g/mol. The molecule has 1 aromatic carbocycles. The Morgan fingerprint density at radius 1 is 1.17 bits per heavy atom. The minimum Gasteiger partial charge on any atom is -0.497 e. The zero-order chi connectivity index (χ0) is 13.5. The van der Waals surface area contributed by atoms with E-state index in [4.69, 9.17) is 9.84 Å². The van der Waals surface area contributed by atoms with Gasteiger partial charge in [0.15, 0.2) is 0 Å². The zero-order valence-electron chi connectivity index (χ0n) is 11.8. The van der Waals surface area contributed by atoms with Crippen molar-refractivity contribution in [2.75, 3.05) is 13.7 Å². The molecule has 0 aliphatic carbocycles. The van der Waals surface area contributed by atoms with Crippen molar-refractivity contribution in [2.24, 2.45) is 5.92 Å². The van der Waals surface area contributed by atoms with Crippen LogP contribution >= 0.6 is 0 Å². The van der Waals surface area contributed by atoms with Crippen molar-refractivity contribution in [1.29, 1.82) is 0 Å². The first-order valence-corrected chi connectivity index (χ1v) is 6.59. The maximum absolute atomic E-state index is 8.97. The Morgan fingerprint density at radius 2 is 1.78 bits per heavy atom. The van der Waals surface area contributed by atoms with Crippen LogP contribution in [0.4, 0.5) is 0 Å². The second-order valence-electron chi connectivity index (χ2n) is 5.07. The molecule has 0 amide bonds. The fourth-order valence-corrected chi connectivity index (χ4v) is 2.07. The van der Waals surface area contributed by atoms with E-state index in [0.717, 1.165) is 12.2 Å². The van der Waals surface area contributed by atoms with E-state index < -0.39 is 0 Å². The number of aliphatic hydroxyl groups is 1. The Labute approximate surface area is 110 Å².